The highest BCUT2D eigenvalue weighted by atomic mass is 79.9. The summed E-state index contributed by atoms with van der Waals surface area (Å²) in [4.78, 5) is 21.2. The van der Waals surface area contributed by atoms with Gasteiger partial charge in [0.2, 0.25) is 0 Å². The van der Waals surface area contributed by atoms with E-state index in [2.05, 4.69) is 31.2 Å². The van der Waals surface area contributed by atoms with Gasteiger partial charge in [-0.2, -0.15) is 0 Å². The molecule has 22 heavy (non-hydrogen) atoms. The van der Waals surface area contributed by atoms with Crippen LogP contribution in [0.1, 0.15) is 27.4 Å². The van der Waals surface area contributed by atoms with E-state index in [0.717, 1.165) is 21.4 Å². The minimum Gasteiger partial charge on any atom is -0.345 e. The van der Waals surface area contributed by atoms with Crippen molar-refractivity contribution in [2.24, 2.45) is 0 Å². The fraction of sp³-hybridized carbons (Fsp3) is 0.188. The number of imidazole rings is 1. The summed E-state index contributed by atoms with van der Waals surface area (Å²) in [6.07, 6.45) is 3.62. The lowest BCUT2D eigenvalue weighted by Gasteiger charge is -2.07. The second-order valence-corrected chi connectivity index (χ2v) is 5.96. The van der Waals surface area contributed by atoms with Gasteiger partial charge in [-0.3, -0.25) is 14.2 Å². The van der Waals surface area contributed by atoms with Crippen LogP contribution in [-0.4, -0.2) is 20.3 Å². The van der Waals surface area contributed by atoms with Crippen molar-refractivity contribution < 1.29 is 4.79 Å². The Morgan fingerprint density at radius 2 is 2.18 bits per heavy atom. The number of aromatic nitrogens is 3. The fourth-order valence-electron chi connectivity index (χ4n) is 2.38. The van der Waals surface area contributed by atoms with Crippen molar-refractivity contribution in [3.05, 3.63) is 63.8 Å². The molecule has 0 aliphatic heterocycles. The number of fused-ring (bicyclic) bond motifs is 1. The molecule has 0 radical (unpaired) electrons. The van der Waals surface area contributed by atoms with Crippen molar-refractivity contribution >= 4 is 27.5 Å². The van der Waals surface area contributed by atoms with Crippen LogP contribution in [0.4, 0.5) is 0 Å². The Morgan fingerprint density at radius 3 is 2.91 bits per heavy atom. The van der Waals surface area contributed by atoms with Gasteiger partial charge < -0.3 is 5.32 Å². The zero-order valence-corrected chi connectivity index (χ0v) is 13.9. The van der Waals surface area contributed by atoms with Gasteiger partial charge in [-0.25, -0.2) is 4.98 Å². The van der Waals surface area contributed by atoms with Crippen LogP contribution in [0.25, 0.3) is 5.65 Å². The van der Waals surface area contributed by atoms with Crippen molar-refractivity contribution in [2.45, 2.75) is 20.4 Å². The van der Waals surface area contributed by atoms with Crippen LogP contribution < -0.4 is 5.32 Å². The first kappa shape index (κ1) is 14.7. The summed E-state index contributed by atoms with van der Waals surface area (Å²) in [6.45, 7) is 4.21. The normalized spacial score (nSPS) is 10.9. The second-order valence-electron chi connectivity index (χ2n) is 5.11. The van der Waals surface area contributed by atoms with Crippen LogP contribution in [0.5, 0.6) is 0 Å². The summed E-state index contributed by atoms with van der Waals surface area (Å²) in [7, 11) is 0. The molecule has 3 aromatic rings. The van der Waals surface area contributed by atoms with Crippen LogP contribution >= 0.6 is 15.9 Å². The fourth-order valence-corrected chi connectivity index (χ4v) is 3.02. The number of aryl methyl sites for hydroxylation is 2. The Labute approximate surface area is 136 Å². The maximum Gasteiger partial charge on any atom is 0.270 e. The summed E-state index contributed by atoms with van der Waals surface area (Å²) in [6, 6.07) is 7.61. The quantitative estimate of drug-likeness (QED) is 0.782. The van der Waals surface area contributed by atoms with Gasteiger partial charge >= 0.3 is 0 Å². The van der Waals surface area contributed by atoms with Gasteiger partial charge in [0.15, 0.2) is 5.65 Å². The zero-order valence-electron chi connectivity index (χ0n) is 12.3. The third kappa shape index (κ3) is 2.74. The lowest BCUT2D eigenvalue weighted by molar-refractivity contribution is 0.0944. The van der Waals surface area contributed by atoms with Crippen LogP contribution in [0.2, 0.25) is 0 Å². The van der Waals surface area contributed by atoms with Crippen LogP contribution in [-0.2, 0) is 6.54 Å². The minimum atomic E-state index is -0.159. The molecule has 1 amide bonds. The number of nitrogens with zero attached hydrogens (tertiary/aromatic N) is 3. The van der Waals surface area contributed by atoms with E-state index in [4.69, 9.17) is 0 Å². The summed E-state index contributed by atoms with van der Waals surface area (Å²) in [5, 5.41) is 2.90. The van der Waals surface area contributed by atoms with E-state index in [0.29, 0.717) is 17.9 Å². The first-order valence-electron chi connectivity index (χ1n) is 6.89. The standard InChI is InChI=1S/C16H15BrN4O/c1-10-7-13(17)15-20-11(2)14(21(15)9-10)16(22)19-8-12-5-3-4-6-18-12/h3-7,9H,8H2,1-2H3,(H,19,22). The maximum atomic E-state index is 12.5. The third-order valence-corrected chi connectivity index (χ3v) is 3.94. The van der Waals surface area contributed by atoms with Gasteiger partial charge in [0.05, 0.1) is 22.4 Å². The van der Waals surface area contributed by atoms with Crippen molar-refractivity contribution in [3.63, 3.8) is 0 Å². The Bertz CT molecular complexity index is 842. The predicted molar refractivity (Wildman–Crippen MR) is 87.8 cm³/mol. The molecule has 3 heterocycles. The van der Waals surface area contributed by atoms with Gasteiger partial charge in [-0.15, -0.1) is 0 Å². The lowest BCUT2D eigenvalue weighted by Crippen LogP contribution is -2.25. The van der Waals surface area contributed by atoms with Crippen molar-refractivity contribution in [1.29, 1.82) is 0 Å². The topological polar surface area (TPSA) is 59.3 Å². The van der Waals surface area contributed by atoms with E-state index in [-0.39, 0.29) is 5.91 Å². The number of rotatable bonds is 3. The molecule has 3 aromatic heterocycles. The molecule has 112 valence electrons. The summed E-state index contributed by atoms with van der Waals surface area (Å²) in [5.74, 6) is -0.159. The average Bonchev–Trinajstić information content (AvgIpc) is 2.82. The van der Waals surface area contributed by atoms with Crippen molar-refractivity contribution in [3.8, 4) is 0 Å². The van der Waals surface area contributed by atoms with Gasteiger partial charge in [0, 0.05) is 12.4 Å². The number of nitrogens with one attached hydrogen (secondary N) is 1. The number of halogens is 1. The Balaban J connectivity index is 1.92. The number of carbonyl (C=O) groups is 1. The summed E-state index contributed by atoms with van der Waals surface area (Å²) >= 11 is 3.49. The third-order valence-electron chi connectivity index (χ3n) is 3.36. The monoisotopic (exact) mass is 358 g/mol. The highest BCUT2D eigenvalue weighted by molar-refractivity contribution is 9.10. The SMILES string of the molecule is Cc1cc(Br)c2nc(C)c(C(=O)NCc3ccccn3)n2c1. The molecule has 0 aromatic carbocycles. The van der Waals surface area contributed by atoms with Crippen molar-refractivity contribution in [2.75, 3.05) is 0 Å². The molecule has 0 aliphatic rings. The molecule has 0 aliphatic carbocycles. The van der Waals surface area contributed by atoms with Crippen LogP contribution in [0.15, 0.2) is 41.1 Å². The van der Waals surface area contributed by atoms with E-state index in [1.54, 1.807) is 6.20 Å². The molecule has 0 saturated heterocycles. The number of hydrogen-bond acceptors (Lipinski definition) is 3. The maximum absolute atomic E-state index is 12.5. The van der Waals surface area contributed by atoms with E-state index >= 15 is 0 Å². The number of hydrogen-bond donors (Lipinski definition) is 1. The molecule has 0 spiro atoms. The molecular weight excluding hydrogens is 344 g/mol. The van der Waals surface area contributed by atoms with Crippen molar-refractivity contribution in [1.82, 2.24) is 19.7 Å². The van der Waals surface area contributed by atoms with Gasteiger partial charge in [-0.1, -0.05) is 6.07 Å². The second kappa shape index (κ2) is 5.88. The molecule has 0 fully saturated rings. The highest BCUT2D eigenvalue weighted by Crippen LogP contribution is 2.22. The Hall–Kier alpha value is -2.21. The first-order valence-corrected chi connectivity index (χ1v) is 7.68. The number of pyridine rings is 2. The zero-order chi connectivity index (χ0) is 15.7. The summed E-state index contributed by atoms with van der Waals surface area (Å²) < 4.78 is 2.70. The first-order chi connectivity index (χ1) is 10.6. The molecule has 0 unspecified atom stereocenters. The number of amides is 1. The highest BCUT2D eigenvalue weighted by Gasteiger charge is 2.18. The van der Waals surface area contributed by atoms with E-state index in [9.17, 15) is 4.79 Å². The summed E-state index contributed by atoms with van der Waals surface area (Å²) in [5.41, 5.74) is 3.86. The van der Waals surface area contributed by atoms with Gasteiger partial charge in [0.25, 0.3) is 5.91 Å². The average molecular weight is 359 g/mol. The largest absolute Gasteiger partial charge is 0.345 e. The molecule has 0 bridgehead atoms. The van der Waals surface area contributed by atoms with Gasteiger partial charge in [-0.05, 0) is 53.5 Å². The lowest BCUT2D eigenvalue weighted by atomic mass is 10.3. The Kier molecular flexibility index (Phi) is 3.94. The molecular formula is C16H15BrN4O. The van der Waals surface area contributed by atoms with E-state index in [1.807, 2.05) is 48.7 Å². The predicted octanol–water partition coefficient (Wildman–Crippen LogP) is 3.04. The van der Waals surface area contributed by atoms with E-state index in [1.165, 1.54) is 0 Å². The molecule has 3 rings (SSSR count). The molecule has 5 nitrogen and oxygen atoms in total. The molecule has 6 heteroatoms. The molecule has 1 N–H and O–H groups in total. The van der Waals surface area contributed by atoms with Gasteiger partial charge in [0.1, 0.15) is 5.69 Å². The number of carbonyl (C=O) groups excluding carboxylic acids is 1. The van der Waals surface area contributed by atoms with Crippen LogP contribution in [0.3, 0.4) is 0 Å². The van der Waals surface area contributed by atoms with E-state index < -0.39 is 0 Å². The molecule has 0 saturated carbocycles. The smallest absolute Gasteiger partial charge is 0.270 e. The molecule has 0 atom stereocenters. The van der Waals surface area contributed by atoms with Crippen LogP contribution in [0, 0.1) is 13.8 Å². The minimum absolute atomic E-state index is 0.159. The Morgan fingerprint density at radius 1 is 1.36 bits per heavy atom.